The second-order valence-electron chi connectivity index (χ2n) is 5.59. The average Bonchev–Trinajstić information content (AvgIpc) is 3.04. The van der Waals surface area contributed by atoms with Crippen LogP contribution < -0.4 is 5.32 Å². The molecule has 0 spiro atoms. The molecule has 1 amide bonds. The number of halogens is 3. The number of hydrogen-bond donors (Lipinski definition) is 1. The molecule has 0 aliphatic carbocycles. The Labute approximate surface area is 157 Å². The van der Waals surface area contributed by atoms with Gasteiger partial charge in [-0.3, -0.25) is 14.4 Å². The van der Waals surface area contributed by atoms with Crippen molar-refractivity contribution >= 4 is 34.7 Å². The molecule has 5 nitrogen and oxygen atoms in total. The predicted octanol–water partition coefficient (Wildman–Crippen LogP) is 4.22. The molecule has 0 bridgehead atoms. The number of anilines is 1. The van der Waals surface area contributed by atoms with Gasteiger partial charge in [-0.25, -0.2) is 0 Å². The minimum absolute atomic E-state index is 0.0721. The highest BCUT2D eigenvalue weighted by atomic mass is 32.1. The smallest absolute Gasteiger partial charge is 0.418 e. The number of hydrogen-bond acceptors (Lipinski definition) is 5. The third kappa shape index (κ3) is 6.21. The molecule has 1 heterocycles. The lowest BCUT2D eigenvalue weighted by Gasteiger charge is -2.13. The molecule has 0 fully saturated rings. The van der Waals surface area contributed by atoms with Gasteiger partial charge in [-0.05, 0) is 31.2 Å². The van der Waals surface area contributed by atoms with E-state index in [0.717, 1.165) is 17.0 Å². The minimum atomic E-state index is -4.62. The summed E-state index contributed by atoms with van der Waals surface area (Å²) in [5.41, 5.74) is -1.42. The van der Waals surface area contributed by atoms with E-state index in [1.165, 1.54) is 23.5 Å². The van der Waals surface area contributed by atoms with Crippen molar-refractivity contribution in [1.29, 1.82) is 0 Å². The first kappa shape index (κ1) is 20.6. The monoisotopic (exact) mass is 399 g/mol. The normalized spacial score (nSPS) is 11.1. The van der Waals surface area contributed by atoms with Crippen LogP contribution in [0.25, 0.3) is 0 Å². The molecule has 0 aliphatic rings. The lowest BCUT2D eigenvalue weighted by molar-refractivity contribution is -0.147. The quantitative estimate of drug-likeness (QED) is 0.559. The van der Waals surface area contributed by atoms with Crippen LogP contribution in [-0.2, 0) is 20.5 Å². The molecule has 0 radical (unpaired) electrons. The molecule has 2 aromatic rings. The van der Waals surface area contributed by atoms with Crippen molar-refractivity contribution in [3.63, 3.8) is 0 Å². The van der Waals surface area contributed by atoms with Gasteiger partial charge in [-0.15, -0.1) is 11.3 Å². The Morgan fingerprint density at radius 2 is 1.78 bits per heavy atom. The molecule has 0 saturated carbocycles. The van der Waals surface area contributed by atoms with Crippen LogP contribution in [0.1, 0.15) is 33.0 Å². The maximum Gasteiger partial charge on any atom is 0.418 e. The first-order chi connectivity index (χ1) is 12.7. The molecule has 0 atom stereocenters. The van der Waals surface area contributed by atoms with Crippen molar-refractivity contribution in [2.24, 2.45) is 0 Å². The Bertz CT molecular complexity index is 845. The number of esters is 1. The number of carbonyl (C=O) groups excluding carboxylic acids is 3. The second kappa shape index (κ2) is 8.81. The Morgan fingerprint density at radius 3 is 2.41 bits per heavy atom. The van der Waals surface area contributed by atoms with Gasteiger partial charge in [0.2, 0.25) is 0 Å². The molecule has 0 saturated heterocycles. The Morgan fingerprint density at radius 1 is 1.07 bits per heavy atom. The SMILES string of the molecule is Cc1ccc(C(=O)CCC(=O)OCC(=O)Nc2ccccc2C(F)(F)F)s1. The molecule has 9 heteroatoms. The lowest BCUT2D eigenvalue weighted by atomic mass is 10.1. The summed E-state index contributed by atoms with van der Waals surface area (Å²) in [6, 6.07) is 7.93. The second-order valence-corrected chi connectivity index (χ2v) is 6.87. The fourth-order valence-corrected chi connectivity index (χ4v) is 3.00. The lowest BCUT2D eigenvalue weighted by Crippen LogP contribution is -2.22. The number of carbonyl (C=O) groups is 3. The summed E-state index contributed by atoms with van der Waals surface area (Å²) in [6.07, 6.45) is -4.92. The van der Waals surface area contributed by atoms with Gasteiger partial charge in [0.25, 0.3) is 5.91 Å². The van der Waals surface area contributed by atoms with E-state index in [0.29, 0.717) is 4.88 Å². The van der Waals surface area contributed by atoms with Crippen LogP contribution in [0.2, 0.25) is 0 Å². The summed E-state index contributed by atoms with van der Waals surface area (Å²) in [5, 5.41) is 2.06. The van der Waals surface area contributed by atoms with Crippen molar-refractivity contribution in [2.45, 2.75) is 25.9 Å². The molecule has 1 aromatic heterocycles. The highest BCUT2D eigenvalue weighted by Crippen LogP contribution is 2.34. The number of aryl methyl sites for hydroxylation is 1. The largest absolute Gasteiger partial charge is 0.456 e. The fraction of sp³-hybridized carbons (Fsp3) is 0.278. The molecule has 144 valence electrons. The van der Waals surface area contributed by atoms with Gasteiger partial charge in [0.15, 0.2) is 12.4 Å². The van der Waals surface area contributed by atoms with E-state index in [1.807, 2.05) is 6.92 Å². The Balaban J connectivity index is 1.80. The molecular weight excluding hydrogens is 383 g/mol. The van der Waals surface area contributed by atoms with E-state index in [9.17, 15) is 27.6 Å². The molecule has 1 N–H and O–H groups in total. The summed E-state index contributed by atoms with van der Waals surface area (Å²) in [7, 11) is 0. The van der Waals surface area contributed by atoms with E-state index in [4.69, 9.17) is 4.74 Å². The number of nitrogens with one attached hydrogen (secondary N) is 1. The Hall–Kier alpha value is -2.68. The van der Waals surface area contributed by atoms with Crippen LogP contribution in [0.4, 0.5) is 18.9 Å². The molecule has 1 aromatic carbocycles. The zero-order chi connectivity index (χ0) is 20.0. The van der Waals surface area contributed by atoms with Crippen molar-refractivity contribution in [1.82, 2.24) is 0 Å². The van der Waals surface area contributed by atoms with Gasteiger partial charge in [0.1, 0.15) is 0 Å². The first-order valence-electron chi connectivity index (χ1n) is 7.88. The summed E-state index contributed by atoms with van der Waals surface area (Å²) in [4.78, 5) is 36.8. The van der Waals surface area contributed by atoms with E-state index in [1.54, 1.807) is 12.1 Å². The number of para-hydroxylation sites is 1. The van der Waals surface area contributed by atoms with Crippen LogP contribution in [0.5, 0.6) is 0 Å². The minimum Gasteiger partial charge on any atom is -0.456 e. The van der Waals surface area contributed by atoms with Crippen molar-refractivity contribution in [3.8, 4) is 0 Å². The van der Waals surface area contributed by atoms with Gasteiger partial charge in [-0.1, -0.05) is 12.1 Å². The van der Waals surface area contributed by atoms with E-state index < -0.39 is 35.9 Å². The number of ketones is 1. The Kier molecular flexibility index (Phi) is 6.73. The number of benzene rings is 1. The third-order valence-corrected chi connectivity index (χ3v) is 4.48. The highest BCUT2D eigenvalue weighted by molar-refractivity contribution is 7.14. The van der Waals surface area contributed by atoms with Gasteiger partial charge in [-0.2, -0.15) is 13.2 Å². The maximum absolute atomic E-state index is 12.9. The number of thiophene rings is 1. The summed E-state index contributed by atoms with van der Waals surface area (Å²) in [5.74, 6) is -1.90. The molecular formula is C18H16F3NO4S. The van der Waals surface area contributed by atoms with Gasteiger partial charge >= 0.3 is 12.1 Å². The van der Waals surface area contributed by atoms with E-state index in [-0.39, 0.29) is 18.6 Å². The number of rotatable bonds is 7. The number of ether oxygens (including phenoxy) is 1. The number of amides is 1. The molecule has 2 rings (SSSR count). The fourth-order valence-electron chi connectivity index (χ4n) is 2.17. The molecule has 27 heavy (non-hydrogen) atoms. The van der Waals surface area contributed by atoms with E-state index >= 15 is 0 Å². The molecule has 0 unspecified atom stereocenters. The van der Waals surface area contributed by atoms with Crippen LogP contribution in [0.3, 0.4) is 0 Å². The van der Waals surface area contributed by atoms with Crippen molar-refractivity contribution in [3.05, 3.63) is 51.7 Å². The van der Waals surface area contributed by atoms with Gasteiger partial charge < -0.3 is 10.1 Å². The summed E-state index contributed by atoms with van der Waals surface area (Å²) < 4.78 is 43.3. The predicted molar refractivity (Wildman–Crippen MR) is 93.7 cm³/mol. The average molecular weight is 399 g/mol. The zero-order valence-corrected chi connectivity index (χ0v) is 15.1. The van der Waals surface area contributed by atoms with Gasteiger partial charge in [0, 0.05) is 11.3 Å². The first-order valence-corrected chi connectivity index (χ1v) is 8.70. The number of alkyl halides is 3. The van der Waals surface area contributed by atoms with Crippen molar-refractivity contribution < 1.29 is 32.3 Å². The van der Waals surface area contributed by atoms with Crippen LogP contribution in [0.15, 0.2) is 36.4 Å². The standard InChI is InChI=1S/C18H16F3NO4S/c1-11-6-8-15(27-11)14(23)7-9-17(25)26-10-16(24)22-13-5-3-2-4-12(13)18(19,20)21/h2-6,8H,7,9-10H2,1H3,(H,22,24). The van der Waals surface area contributed by atoms with Crippen LogP contribution in [0, 0.1) is 6.92 Å². The van der Waals surface area contributed by atoms with Gasteiger partial charge in [0.05, 0.1) is 22.5 Å². The summed E-state index contributed by atoms with van der Waals surface area (Å²) >= 11 is 1.31. The maximum atomic E-state index is 12.9. The third-order valence-electron chi connectivity index (χ3n) is 3.44. The van der Waals surface area contributed by atoms with Crippen LogP contribution in [-0.4, -0.2) is 24.3 Å². The van der Waals surface area contributed by atoms with Crippen molar-refractivity contribution in [2.75, 3.05) is 11.9 Å². The summed E-state index contributed by atoms with van der Waals surface area (Å²) in [6.45, 7) is 1.11. The molecule has 0 aliphatic heterocycles. The number of Topliss-reactive ketones (excluding diaryl/α,β-unsaturated/α-hetero) is 1. The topological polar surface area (TPSA) is 72.5 Å². The van der Waals surface area contributed by atoms with E-state index in [2.05, 4.69) is 5.32 Å². The zero-order valence-electron chi connectivity index (χ0n) is 14.3. The highest BCUT2D eigenvalue weighted by Gasteiger charge is 2.33. The van der Waals surface area contributed by atoms with Crippen LogP contribution >= 0.6 is 11.3 Å².